The number of hydrazine groups is 1. The van der Waals surface area contributed by atoms with Crippen LogP contribution in [-0.4, -0.2) is 15.2 Å². The van der Waals surface area contributed by atoms with Crippen molar-refractivity contribution in [3.63, 3.8) is 0 Å². The van der Waals surface area contributed by atoms with E-state index in [0.29, 0.717) is 5.92 Å². The van der Waals surface area contributed by atoms with Gasteiger partial charge in [0.05, 0.1) is 0 Å². The zero-order chi connectivity index (χ0) is 13.0. The Bertz CT molecular complexity index is 478. The number of nitrogens with two attached hydrogens (primary N) is 1. The van der Waals surface area contributed by atoms with Gasteiger partial charge in [0.25, 0.3) is 0 Å². The van der Waals surface area contributed by atoms with Crippen molar-refractivity contribution in [3.8, 4) is 0 Å². The summed E-state index contributed by atoms with van der Waals surface area (Å²) in [5.41, 5.74) is 5.17. The molecule has 0 aliphatic carbocycles. The Labute approximate surface area is 107 Å². The first-order valence-electron chi connectivity index (χ1n) is 6.11. The van der Waals surface area contributed by atoms with Gasteiger partial charge >= 0.3 is 0 Å². The lowest BCUT2D eigenvalue weighted by Gasteiger charge is -2.15. The number of H-pyrrole nitrogens is 1. The van der Waals surface area contributed by atoms with E-state index in [9.17, 15) is 0 Å². The Morgan fingerprint density at radius 2 is 2.22 bits per heavy atom. The molecule has 18 heavy (non-hydrogen) atoms. The Morgan fingerprint density at radius 3 is 2.83 bits per heavy atom. The van der Waals surface area contributed by atoms with Gasteiger partial charge in [-0.3, -0.25) is 10.9 Å². The van der Waals surface area contributed by atoms with Crippen LogP contribution in [0.1, 0.15) is 36.8 Å². The van der Waals surface area contributed by atoms with Crippen LogP contribution < -0.4 is 11.3 Å². The summed E-state index contributed by atoms with van der Waals surface area (Å²) in [4.78, 5) is 4.15. The lowest BCUT2D eigenvalue weighted by Crippen LogP contribution is -2.29. The van der Waals surface area contributed by atoms with Crippen LogP contribution in [0.25, 0.3) is 0 Å². The molecule has 0 amide bonds. The molecule has 1 aromatic carbocycles. The molecule has 1 atom stereocenters. The predicted molar refractivity (Wildman–Crippen MR) is 70.5 cm³/mol. The highest BCUT2D eigenvalue weighted by molar-refractivity contribution is 5.29. The van der Waals surface area contributed by atoms with Crippen LogP contribution in [0.2, 0.25) is 0 Å². The van der Waals surface area contributed by atoms with Gasteiger partial charge in [-0.15, -0.1) is 0 Å². The summed E-state index contributed by atoms with van der Waals surface area (Å²) in [6.45, 7) is 4.42. The van der Waals surface area contributed by atoms with Crippen LogP contribution in [0.4, 0.5) is 0 Å². The fourth-order valence-corrected chi connectivity index (χ4v) is 2.06. The molecule has 5 nitrogen and oxygen atoms in total. The molecular weight excluding hydrogens is 226 g/mol. The van der Waals surface area contributed by atoms with Crippen molar-refractivity contribution < 1.29 is 0 Å². The van der Waals surface area contributed by atoms with E-state index < -0.39 is 0 Å². The lowest BCUT2D eigenvalue weighted by molar-refractivity contribution is 0.600. The van der Waals surface area contributed by atoms with Crippen molar-refractivity contribution in [3.05, 3.63) is 47.5 Å². The van der Waals surface area contributed by atoms with Crippen LogP contribution in [0.3, 0.4) is 0 Å². The average Bonchev–Trinajstić information content (AvgIpc) is 2.83. The molecule has 0 saturated carbocycles. The van der Waals surface area contributed by atoms with Gasteiger partial charge in [0, 0.05) is 0 Å². The van der Waals surface area contributed by atoms with E-state index in [-0.39, 0.29) is 6.04 Å². The van der Waals surface area contributed by atoms with E-state index in [0.717, 1.165) is 17.8 Å². The van der Waals surface area contributed by atoms with Crippen LogP contribution in [-0.2, 0) is 6.42 Å². The third kappa shape index (κ3) is 2.94. The molecule has 2 aromatic rings. The molecule has 1 unspecified atom stereocenters. The van der Waals surface area contributed by atoms with Gasteiger partial charge in [-0.05, 0) is 23.5 Å². The zero-order valence-corrected chi connectivity index (χ0v) is 10.7. The lowest BCUT2D eigenvalue weighted by atomic mass is 9.98. The van der Waals surface area contributed by atoms with Crippen LogP contribution in [0.5, 0.6) is 0 Å². The highest BCUT2D eigenvalue weighted by Gasteiger charge is 2.15. The summed E-state index contributed by atoms with van der Waals surface area (Å²) >= 11 is 0. The van der Waals surface area contributed by atoms with Gasteiger partial charge in [-0.1, -0.05) is 38.1 Å². The van der Waals surface area contributed by atoms with Gasteiger partial charge in [0.2, 0.25) is 0 Å². The van der Waals surface area contributed by atoms with Crippen LogP contribution >= 0.6 is 0 Å². The van der Waals surface area contributed by atoms with E-state index in [1.807, 2.05) is 12.1 Å². The molecule has 96 valence electrons. The minimum atomic E-state index is -0.153. The third-order valence-corrected chi connectivity index (χ3v) is 2.80. The normalized spacial score (nSPS) is 12.9. The van der Waals surface area contributed by atoms with Gasteiger partial charge in [0.15, 0.2) is 0 Å². The number of hydrogen-bond acceptors (Lipinski definition) is 4. The van der Waals surface area contributed by atoms with Gasteiger partial charge < -0.3 is 0 Å². The molecule has 0 spiro atoms. The number of aromatic nitrogens is 3. The molecule has 0 aliphatic rings. The largest absolute Gasteiger partial charge is 0.270 e. The number of benzene rings is 1. The summed E-state index contributed by atoms with van der Waals surface area (Å²) in [5, 5.41) is 6.70. The maximum absolute atomic E-state index is 5.61. The Kier molecular flexibility index (Phi) is 4.07. The molecule has 5 heteroatoms. The summed E-state index contributed by atoms with van der Waals surface area (Å²) in [6.07, 6.45) is 2.54. The summed E-state index contributed by atoms with van der Waals surface area (Å²) in [6, 6.07) is 8.23. The van der Waals surface area contributed by atoms with Gasteiger partial charge in [-0.25, -0.2) is 10.4 Å². The second kappa shape index (κ2) is 5.75. The number of nitrogens with zero attached hydrogens (tertiary/aromatic N) is 2. The second-order valence-electron chi connectivity index (χ2n) is 4.81. The second-order valence-corrected chi connectivity index (χ2v) is 4.81. The van der Waals surface area contributed by atoms with E-state index in [1.165, 1.54) is 11.9 Å². The topological polar surface area (TPSA) is 79.6 Å². The minimum absolute atomic E-state index is 0.153. The van der Waals surface area contributed by atoms with E-state index in [1.54, 1.807) is 0 Å². The van der Waals surface area contributed by atoms with Crippen molar-refractivity contribution >= 4 is 0 Å². The van der Waals surface area contributed by atoms with Crippen LogP contribution in [0, 0.1) is 5.92 Å². The highest BCUT2D eigenvalue weighted by Crippen LogP contribution is 2.20. The maximum Gasteiger partial charge on any atom is 0.147 e. The molecule has 1 heterocycles. The molecule has 1 aromatic heterocycles. The molecule has 0 aliphatic heterocycles. The first kappa shape index (κ1) is 12.7. The van der Waals surface area contributed by atoms with E-state index >= 15 is 0 Å². The van der Waals surface area contributed by atoms with Crippen molar-refractivity contribution in [1.82, 2.24) is 20.6 Å². The number of hydrogen-bond donors (Lipinski definition) is 3. The zero-order valence-electron chi connectivity index (χ0n) is 10.7. The van der Waals surface area contributed by atoms with Crippen LogP contribution in [0.15, 0.2) is 30.6 Å². The Balaban J connectivity index is 2.26. The number of rotatable bonds is 5. The number of aromatic amines is 1. The first-order valence-corrected chi connectivity index (χ1v) is 6.11. The smallest absolute Gasteiger partial charge is 0.147 e. The van der Waals surface area contributed by atoms with Crippen molar-refractivity contribution in [1.29, 1.82) is 0 Å². The van der Waals surface area contributed by atoms with Crippen molar-refractivity contribution in [2.75, 3.05) is 0 Å². The third-order valence-electron chi connectivity index (χ3n) is 2.80. The minimum Gasteiger partial charge on any atom is -0.270 e. The standard InChI is InChI=1S/C13H19N5/c1-9(2)6-10-4-3-5-11(7-10)12(17-14)13-15-8-16-18-13/h3-5,7-9,12,17H,6,14H2,1-2H3,(H,15,16,18). The predicted octanol–water partition coefficient (Wildman–Crippen LogP) is 1.56. The van der Waals surface area contributed by atoms with E-state index in [2.05, 4.69) is 46.6 Å². The molecular formula is C13H19N5. The van der Waals surface area contributed by atoms with Crippen molar-refractivity contribution in [2.45, 2.75) is 26.3 Å². The average molecular weight is 245 g/mol. The van der Waals surface area contributed by atoms with Gasteiger partial charge in [0.1, 0.15) is 18.2 Å². The molecule has 0 saturated heterocycles. The number of nitrogens with one attached hydrogen (secondary N) is 2. The SMILES string of the molecule is CC(C)Cc1cccc(C(NN)c2ncn[nH]2)c1. The molecule has 0 fully saturated rings. The summed E-state index contributed by atoms with van der Waals surface area (Å²) < 4.78 is 0. The summed E-state index contributed by atoms with van der Waals surface area (Å²) in [5.74, 6) is 6.97. The molecule has 0 radical (unpaired) electrons. The first-order chi connectivity index (χ1) is 8.70. The quantitative estimate of drug-likeness (QED) is 0.551. The summed E-state index contributed by atoms with van der Waals surface area (Å²) in [7, 11) is 0. The molecule has 4 N–H and O–H groups in total. The fraction of sp³-hybridized carbons (Fsp3) is 0.385. The Hall–Kier alpha value is -1.72. The monoisotopic (exact) mass is 245 g/mol. The Morgan fingerprint density at radius 1 is 1.39 bits per heavy atom. The van der Waals surface area contributed by atoms with E-state index in [4.69, 9.17) is 5.84 Å². The van der Waals surface area contributed by atoms with Gasteiger partial charge in [-0.2, -0.15) is 5.10 Å². The fourth-order valence-electron chi connectivity index (χ4n) is 2.06. The van der Waals surface area contributed by atoms with Crippen molar-refractivity contribution in [2.24, 2.45) is 11.8 Å². The molecule has 2 rings (SSSR count). The maximum atomic E-state index is 5.61. The highest BCUT2D eigenvalue weighted by atomic mass is 15.3. The molecule has 0 bridgehead atoms.